The molecule has 0 aliphatic carbocycles. The van der Waals surface area contributed by atoms with Crippen molar-refractivity contribution in [2.24, 2.45) is 0 Å². The van der Waals surface area contributed by atoms with Crippen molar-refractivity contribution in [3.05, 3.63) is 23.9 Å². The molecule has 1 aliphatic rings. The largest absolute Gasteiger partial charge is 0.417 e. The number of nitrogens with zero attached hydrogens (tertiary/aromatic N) is 2. The number of rotatable bonds is 1. The smallest absolute Gasteiger partial charge is 0.380 e. The van der Waals surface area contributed by atoms with Crippen LogP contribution in [-0.4, -0.2) is 41.7 Å². The third kappa shape index (κ3) is 4.07. The number of urea groups is 1. The molecule has 1 N–H and O–H groups in total. The molecule has 2 rings (SSSR count). The second kappa shape index (κ2) is 6.30. The Morgan fingerprint density at radius 1 is 1.43 bits per heavy atom. The number of anilines is 1. The van der Waals surface area contributed by atoms with E-state index in [4.69, 9.17) is 4.74 Å². The van der Waals surface area contributed by atoms with E-state index in [0.717, 1.165) is 12.1 Å². The van der Waals surface area contributed by atoms with Crippen LogP contribution in [0.25, 0.3) is 0 Å². The van der Waals surface area contributed by atoms with Crippen molar-refractivity contribution >= 4 is 11.8 Å². The zero-order valence-corrected chi connectivity index (χ0v) is 11.5. The number of pyridine rings is 1. The minimum Gasteiger partial charge on any atom is -0.380 e. The van der Waals surface area contributed by atoms with E-state index in [1.165, 1.54) is 0 Å². The summed E-state index contributed by atoms with van der Waals surface area (Å²) in [4.78, 5) is 17.3. The van der Waals surface area contributed by atoms with E-state index < -0.39 is 11.7 Å². The summed E-state index contributed by atoms with van der Waals surface area (Å²) in [6, 6.07) is 1.64. The van der Waals surface area contributed by atoms with Crippen molar-refractivity contribution in [1.82, 2.24) is 9.88 Å². The third-order valence-corrected chi connectivity index (χ3v) is 3.28. The van der Waals surface area contributed by atoms with E-state index in [-0.39, 0.29) is 17.9 Å². The molecule has 1 fully saturated rings. The van der Waals surface area contributed by atoms with E-state index in [9.17, 15) is 18.0 Å². The van der Waals surface area contributed by atoms with Crippen molar-refractivity contribution in [2.45, 2.75) is 25.6 Å². The van der Waals surface area contributed by atoms with Gasteiger partial charge in [-0.25, -0.2) is 9.78 Å². The van der Waals surface area contributed by atoms with Gasteiger partial charge in [-0.2, -0.15) is 13.2 Å². The molecule has 1 saturated heterocycles. The summed E-state index contributed by atoms with van der Waals surface area (Å²) in [6.07, 6.45) is -3.02. The zero-order valence-electron chi connectivity index (χ0n) is 11.5. The summed E-state index contributed by atoms with van der Waals surface area (Å²) in [5.41, 5.74) is -0.850. The average Bonchev–Trinajstić information content (AvgIpc) is 2.63. The van der Waals surface area contributed by atoms with Gasteiger partial charge in [0.15, 0.2) is 0 Å². The summed E-state index contributed by atoms with van der Waals surface area (Å²) in [5, 5.41) is 2.50. The first-order valence-corrected chi connectivity index (χ1v) is 6.56. The van der Waals surface area contributed by atoms with Gasteiger partial charge in [0.1, 0.15) is 5.82 Å². The molecule has 2 amide bonds. The Bertz CT molecular complexity index is 490. The standard InChI is InChI=1S/C13H16F3N3O2/c1-9-4-6-21-7-5-19(9)12(20)18-11-3-2-10(8-17-11)13(14,15)16/h2-3,8-9H,4-7H2,1H3,(H,17,18,20). The molecule has 21 heavy (non-hydrogen) atoms. The highest BCUT2D eigenvalue weighted by molar-refractivity contribution is 5.88. The molecule has 0 aromatic carbocycles. The molecule has 0 radical (unpaired) electrons. The minimum absolute atomic E-state index is 0.00180. The fraction of sp³-hybridized carbons (Fsp3) is 0.538. The Kier molecular flexibility index (Phi) is 4.66. The molecule has 1 aromatic rings. The zero-order chi connectivity index (χ0) is 15.5. The van der Waals surface area contributed by atoms with Gasteiger partial charge in [-0.1, -0.05) is 0 Å². The average molecular weight is 303 g/mol. The van der Waals surface area contributed by atoms with Gasteiger partial charge in [0, 0.05) is 25.4 Å². The molecule has 1 atom stereocenters. The summed E-state index contributed by atoms with van der Waals surface area (Å²) in [5.74, 6) is 0.0883. The Hall–Kier alpha value is -1.83. The fourth-order valence-electron chi connectivity index (χ4n) is 2.01. The quantitative estimate of drug-likeness (QED) is 0.868. The van der Waals surface area contributed by atoms with E-state index in [1.807, 2.05) is 6.92 Å². The van der Waals surface area contributed by atoms with Crippen LogP contribution in [0.1, 0.15) is 18.9 Å². The Balaban J connectivity index is 2.02. The van der Waals surface area contributed by atoms with Gasteiger partial charge in [-0.3, -0.25) is 5.32 Å². The lowest BCUT2D eigenvalue weighted by molar-refractivity contribution is -0.137. The van der Waals surface area contributed by atoms with Crippen LogP contribution in [0.15, 0.2) is 18.3 Å². The maximum absolute atomic E-state index is 12.4. The van der Waals surface area contributed by atoms with E-state index in [1.54, 1.807) is 4.90 Å². The van der Waals surface area contributed by atoms with Gasteiger partial charge in [-0.15, -0.1) is 0 Å². The number of amides is 2. The first-order chi connectivity index (χ1) is 9.88. The first kappa shape index (κ1) is 15.6. The lowest BCUT2D eigenvalue weighted by atomic mass is 10.2. The molecule has 5 nitrogen and oxygen atoms in total. The van der Waals surface area contributed by atoms with Gasteiger partial charge in [0.25, 0.3) is 0 Å². The Morgan fingerprint density at radius 2 is 2.19 bits per heavy atom. The summed E-state index contributed by atoms with van der Waals surface area (Å²) in [7, 11) is 0. The molecule has 1 unspecified atom stereocenters. The number of carbonyl (C=O) groups is 1. The number of carbonyl (C=O) groups excluding carboxylic acids is 1. The predicted octanol–water partition coefficient (Wildman–Crippen LogP) is 2.74. The number of ether oxygens (including phenoxy) is 1. The molecule has 116 valence electrons. The maximum atomic E-state index is 12.4. The van der Waals surface area contributed by atoms with Crippen molar-refractivity contribution in [3.8, 4) is 0 Å². The third-order valence-electron chi connectivity index (χ3n) is 3.28. The molecular formula is C13H16F3N3O2. The number of halogens is 3. The SMILES string of the molecule is CC1CCOCCN1C(=O)Nc1ccc(C(F)(F)F)cn1. The van der Waals surface area contributed by atoms with Crippen LogP contribution in [0, 0.1) is 0 Å². The molecule has 8 heteroatoms. The van der Waals surface area contributed by atoms with Gasteiger partial charge in [0.2, 0.25) is 0 Å². The highest BCUT2D eigenvalue weighted by Gasteiger charge is 2.31. The minimum atomic E-state index is -4.44. The molecule has 0 bridgehead atoms. The van der Waals surface area contributed by atoms with Crippen LogP contribution in [0.5, 0.6) is 0 Å². The monoisotopic (exact) mass is 303 g/mol. The molecule has 1 aliphatic heterocycles. The summed E-state index contributed by atoms with van der Waals surface area (Å²) in [6.45, 7) is 3.36. The molecule has 1 aromatic heterocycles. The van der Waals surface area contributed by atoms with Crippen LogP contribution in [0.2, 0.25) is 0 Å². The summed E-state index contributed by atoms with van der Waals surface area (Å²) < 4.78 is 42.5. The number of nitrogens with one attached hydrogen (secondary N) is 1. The van der Waals surface area contributed by atoms with Crippen LogP contribution >= 0.6 is 0 Å². The lowest BCUT2D eigenvalue weighted by Crippen LogP contribution is -2.42. The first-order valence-electron chi connectivity index (χ1n) is 6.56. The topological polar surface area (TPSA) is 54.5 Å². The number of aromatic nitrogens is 1. The Labute approximate surface area is 120 Å². The molecule has 0 saturated carbocycles. The van der Waals surface area contributed by atoms with Crippen molar-refractivity contribution in [1.29, 1.82) is 0 Å². The van der Waals surface area contributed by atoms with Crippen LogP contribution in [-0.2, 0) is 10.9 Å². The van der Waals surface area contributed by atoms with Crippen LogP contribution in [0.4, 0.5) is 23.8 Å². The second-order valence-corrected chi connectivity index (χ2v) is 4.80. The van der Waals surface area contributed by atoms with Gasteiger partial charge in [-0.05, 0) is 25.5 Å². The molecule has 0 spiro atoms. The summed E-state index contributed by atoms with van der Waals surface area (Å²) >= 11 is 0. The molecule has 2 heterocycles. The maximum Gasteiger partial charge on any atom is 0.417 e. The van der Waals surface area contributed by atoms with Crippen molar-refractivity contribution in [2.75, 3.05) is 25.1 Å². The number of hydrogen-bond donors (Lipinski definition) is 1. The van der Waals surface area contributed by atoms with Gasteiger partial charge >= 0.3 is 12.2 Å². The molecular weight excluding hydrogens is 287 g/mol. The number of alkyl halides is 3. The lowest BCUT2D eigenvalue weighted by Gasteiger charge is -2.26. The van der Waals surface area contributed by atoms with Crippen LogP contribution < -0.4 is 5.32 Å². The second-order valence-electron chi connectivity index (χ2n) is 4.80. The van der Waals surface area contributed by atoms with Crippen molar-refractivity contribution in [3.63, 3.8) is 0 Å². The predicted molar refractivity (Wildman–Crippen MR) is 69.9 cm³/mol. The van der Waals surface area contributed by atoms with Crippen LogP contribution in [0.3, 0.4) is 0 Å². The fourth-order valence-corrected chi connectivity index (χ4v) is 2.01. The van der Waals surface area contributed by atoms with E-state index in [0.29, 0.717) is 32.4 Å². The number of hydrogen-bond acceptors (Lipinski definition) is 3. The van der Waals surface area contributed by atoms with E-state index >= 15 is 0 Å². The highest BCUT2D eigenvalue weighted by atomic mass is 19.4. The normalized spacial score (nSPS) is 20.0. The van der Waals surface area contributed by atoms with Gasteiger partial charge < -0.3 is 9.64 Å². The van der Waals surface area contributed by atoms with Crippen molar-refractivity contribution < 1.29 is 22.7 Å². The van der Waals surface area contributed by atoms with Gasteiger partial charge in [0.05, 0.1) is 12.2 Å². The Morgan fingerprint density at radius 3 is 2.81 bits per heavy atom. The highest BCUT2D eigenvalue weighted by Crippen LogP contribution is 2.28. The van der Waals surface area contributed by atoms with E-state index in [2.05, 4.69) is 10.3 Å².